The second-order valence-corrected chi connectivity index (χ2v) is 7.22. The number of para-hydroxylation sites is 1. The fraction of sp³-hybridized carbons (Fsp3) is 0.450. The van der Waals surface area contributed by atoms with Crippen molar-refractivity contribution >= 4 is 16.8 Å². The lowest BCUT2D eigenvalue weighted by atomic mass is 10.1. The van der Waals surface area contributed by atoms with E-state index in [1.54, 1.807) is 9.25 Å². The number of rotatable bonds is 4. The zero-order valence-corrected chi connectivity index (χ0v) is 15.8. The van der Waals surface area contributed by atoms with Gasteiger partial charge < -0.3 is 9.88 Å². The van der Waals surface area contributed by atoms with Gasteiger partial charge in [-0.2, -0.15) is 5.10 Å². The van der Waals surface area contributed by atoms with Crippen molar-refractivity contribution in [2.75, 3.05) is 0 Å². The normalized spacial score (nSPS) is 16.9. The largest absolute Gasteiger partial charge is 0.348 e. The molecular weight excluding hydrogens is 342 g/mol. The van der Waals surface area contributed by atoms with Gasteiger partial charge in [-0.3, -0.25) is 9.36 Å². The lowest BCUT2D eigenvalue weighted by Crippen LogP contribution is -2.36. The summed E-state index contributed by atoms with van der Waals surface area (Å²) in [5, 5.41) is 8.67. The summed E-state index contributed by atoms with van der Waals surface area (Å²) in [5.74, 6) is 0.761. The zero-order valence-electron chi connectivity index (χ0n) is 15.8. The molecule has 0 spiro atoms. The number of carbonyl (C=O) groups excluding carboxylic acids is 1. The number of nitrogens with zero attached hydrogens (tertiary/aromatic N) is 4. The highest BCUT2D eigenvalue weighted by Gasteiger charge is 2.23. The van der Waals surface area contributed by atoms with E-state index in [0.717, 1.165) is 36.0 Å². The quantitative estimate of drug-likeness (QED) is 0.767. The van der Waals surface area contributed by atoms with Crippen molar-refractivity contribution in [3.05, 3.63) is 52.3 Å². The minimum atomic E-state index is -0.0679. The van der Waals surface area contributed by atoms with Crippen LogP contribution in [0.3, 0.4) is 0 Å². The number of amides is 1. The molecule has 0 aliphatic carbocycles. The summed E-state index contributed by atoms with van der Waals surface area (Å²) in [4.78, 5) is 25.2. The van der Waals surface area contributed by atoms with Crippen LogP contribution in [0.5, 0.6) is 0 Å². The first-order valence-electron chi connectivity index (χ1n) is 9.60. The van der Waals surface area contributed by atoms with Crippen molar-refractivity contribution in [3.63, 3.8) is 0 Å². The Morgan fingerprint density at radius 3 is 2.89 bits per heavy atom. The molecule has 1 atom stereocenters. The average molecular weight is 367 g/mol. The molecule has 2 aromatic heterocycles. The van der Waals surface area contributed by atoms with Crippen LogP contribution in [0, 0.1) is 0 Å². The summed E-state index contributed by atoms with van der Waals surface area (Å²) in [6, 6.07) is 9.94. The van der Waals surface area contributed by atoms with Crippen molar-refractivity contribution in [2.45, 2.75) is 51.7 Å². The third-order valence-electron chi connectivity index (χ3n) is 5.37. The van der Waals surface area contributed by atoms with Crippen LogP contribution in [0.1, 0.15) is 42.5 Å². The van der Waals surface area contributed by atoms with Crippen molar-refractivity contribution in [1.82, 2.24) is 24.2 Å². The van der Waals surface area contributed by atoms with Crippen LogP contribution in [-0.4, -0.2) is 30.9 Å². The molecule has 142 valence electrons. The Kier molecular flexibility index (Phi) is 4.59. The van der Waals surface area contributed by atoms with E-state index in [4.69, 9.17) is 0 Å². The number of aryl methyl sites for hydroxylation is 3. The Morgan fingerprint density at radius 1 is 1.30 bits per heavy atom. The van der Waals surface area contributed by atoms with Crippen LogP contribution < -0.4 is 11.0 Å². The fourth-order valence-corrected chi connectivity index (χ4v) is 3.90. The molecule has 1 aliphatic heterocycles. The van der Waals surface area contributed by atoms with Crippen molar-refractivity contribution in [3.8, 4) is 0 Å². The molecule has 7 heteroatoms. The molecule has 3 heterocycles. The molecule has 1 aliphatic rings. The number of hydrogen-bond acceptors (Lipinski definition) is 3. The molecule has 0 saturated carbocycles. The zero-order chi connectivity index (χ0) is 19.0. The van der Waals surface area contributed by atoms with E-state index >= 15 is 0 Å². The van der Waals surface area contributed by atoms with Crippen LogP contribution in [0.2, 0.25) is 0 Å². The molecule has 0 saturated heterocycles. The Hall–Kier alpha value is -2.83. The minimum absolute atomic E-state index is 0.0347. The summed E-state index contributed by atoms with van der Waals surface area (Å²) in [6.45, 7) is 3.29. The van der Waals surface area contributed by atoms with Gasteiger partial charge in [-0.1, -0.05) is 25.1 Å². The molecule has 3 aromatic rings. The third-order valence-corrected chi connectivity index (χ3v) is 5.37. The van der Waals surface area contributed by atoms with Gasteiger partial charge in [0.25, 0.3) is 5.91 Å². The molecule has 0 bridgehead atoms. The number of carbonyl (C=O) groups is 1. The minimum Gasteiger partial charge on any atom is -0.348 e. The average Bonchev–Trinajstić information content (AvgIpc) is 3.07. The Bertz CT molecular complexity index is 1040. The van der Waals surface area contributed by atoms with Gasteiger partial charge >= 0.3 is 5.69 Å². The van der Waals surface area contributed by atoms with E-state index in [-0.39, 0.29) is 17.6 Å². The van der Waals surface area contributed by atoms with E-state index in [1.807, 2.05) is 48.9 Å². The first kappa shape index (κ1) is 17.6. The monoisotopic (exact) mass is 367 g/mol. The highest BCUT2D eigenvalue weighted by molar-refractivity contribution is 5.98. The molecule has 1 unspecified atom stereocenters. The molecule has 7 nitrogen and oxygen atoms in total. The van der Waals surface area contributed by atoms with Crippen molar-refractivity contribution in [2.24, 2.45) is 7.05 Å². The fourth-order valence-electron chi connectivity index (χ4n) is 3.90. The lowest BCUT2D eigenvalue weighted by Gasteiger charge is -2.16. The SMILES string of the molecule is CCCn1nc2n(c1=O)CCC(NC(=O)c1cc3ccccc3n1C)CC2. The molecular formula is C20H25N5O2. The molecule has 1 aromatic carbocycles. The summed E-state index contributed by atoms with van der Waals surface area (Å²) in [5.41, 5.74) is 1.66. The molecule has 0 fully saturated rings. The summed E-state index contributed by atoms with van der Waals surface area (Å²) in [7, 11) is 1.91. The maximum atomic E-state index is 12.8. The van der Waals surface area contributed by atoms with Gasteiger partial charge in [-0.25, -0.2) is 9.48 Å². The maximum absolute atomic E-state index is 12.8. The highest BCUT2D eigenvalue weighted by atomic mass is 16.2. The van der Waals surface area contributed by atoms with Gasteiger partial charge in [0.15, 0.2) is 0 Å². The maximum Gasteiger partial charge on any atom is 0.345 e. The number of fused-ring (bicyclic) bond motifs is 2. The number of hydrogen-bond donors (Lipinski definition) is 1. The lowest BCUT2D eigenvalue weighted by molar-refractivity contribution is 0.0925. The predicted molar refractivity (Wildman–Crippen MR) is 104 cm³/mol. The van der Waals surface area contributed by atoms with E-state index < -0.39 is 0 Å². The summed E-state index contributed by atoms with van der Waals surface area (Å²) >= 11 is 0. The van der Waals surface area contributed by atoms with Crippen molar-refractivity contribution in [1.29, 1.82) is 0 Å². The van der Waals surface area contributed by atoms with E-state index in [9.17, 15) is 9.59 Å². The van der Waals surface area contributed by atoms with Crippen LogP contribution >= 0.6 is 0 Å². The molecule has 4 rings (SSSR count). The van der Waals surface area contributed by atoms with Gasteiger partial charge in [0.2, 0.25) is 0 Å². The van der Waals surface area contributed by atoms with Crippen LogP contribution in [0.4, 0.5) is 0 Å². The first-order chi connectivity index (χ1) is 13.1. The third kappa shape index (κ3) is 3.18. The van der Waals surface area contributed by atoms with Gasteiger partial charge in [0.1, 0.15) is 11.5 Å². The Labute approximate surface area is 157 Å². The van der Waals surface area contributed by atoms with E-state index in [0.29, 0.717) is 25.2 Å². The van der Waals surface area contributed by atoms with Gasteiger partial charge in [0, 0.05) is 43.5 Å². The second-order valence-electron chi connectivity index (χ2n) is 7.22. The number of nitrogens with one attached hydrogen (secondary N) is 1. The standard InChI is InChI=1S/C20H25N5O2/c1-3-11-25-20(27)24-12-10-15(8-9-18(24)22-25)21-19(26)17-13-14-6-4-5-7-16(14)23(17)2/h4-7,13,15H,3,8-12H2,1-2H3,(H,21,26). The van der Waals surface area contributed by atoms with Gasteiger partial charge in [0.05, 0.1) is 0 Å². The smallest absolute Gasteiger partial charge is 0.345 e. The van der Waals surface area contributed by atoms with Crippen LogP contribution in [-0.2, 0) is 26.6 Å². The number of benzene rings is 1. The Balaban J connectivity index is 1.48. The predicted octanol–water partition coefficient (Wildman–Crippen LogP) is 2.08. The topological polar surface area (TPSA) is 73.8 Å². The van der Waals surface area contributed by atoms with Crippen LogP contribution in [0.15, 0.2) is 35.1 Å². The van der Waals surface area contributed by atoms with Crippen LogP contribution in [0.25, 0.3) is 10.9 Å². The van der Waals surface area contributed by atoms with Crippen molar-refractivity contribution < 1.29 is 4.79 Å². The molecule has 27 heavy (non-hydrogen) atoms. The summed E-state index contributed by atoms with van der Waals surface area (Å²) < 4.78 is 5.25. The highest BCUT2D eigenvalue weighted by Crippen LogP contribution is 2.19. The van der Waals surface area contributed by atoms with Gasteiger partial charge in [-0.15, -0.1) is 0 Å². The summed E-state index contributed by atoms with van der Waals surface area (Å²) in [6.07, 6.45) is 3.12. The molecule has 1 amide bonds. The molecule has 0 radical (unpaired) electrons. The van der Waals surface area contributed by atoms with E-state index in [1.165, 1.54) is 0 Å². The number of aromatic nitrogens is 4. The second kappa shape index (κ2) is 7.06. The molecule has 1 N–H and O–H groups in total. The first-order valence-corrected chi connectivity index (χ1v) is 9.60. The van der Waals surface area contributed by atoms with E-state index in [2.05, 4.69) is 10.4 Å². The Morgan fingerprint density at radius 2 is 2.11 bits per heavy atom. The van der Waals surface area contributed by atoms with Gasteiger partial charge in [-0.05, 0) is 31.4 Å².